The Morgan fingerprint density at radius 3 is 3.26 bits per heavy atom. The van der Waals surface area contributed by atoms with Crippen molar-refractivity contribution in [3.05, 3.63) is 48.0 Å². The van der Waals surface area contributed by atoms with Crippen molar-refractivity contribution in [3.63, 3.8) is 0 Å². The number of rotatable bonds is 5. The van der Waals surface area contributed by atoms with Gasteiger partial charge in [-0.1, -0.05) is 18.2 Å². The molecule has 4 nitrogen and oxygen atoms in total. The summed E-state index contributed by atoms with van der Waals surface area (Å²) in [5.74, 6) is 0. The SMILES string of the molecule is c1cc2c(c(CNCCn3ccnc3)c1)NCCC2. The van der Waals surface area contributed by atoms with Gasteiger partial charge in [-0.2, -0.15) is 0 Å². The van der Waals surface area contributed by atoms with Crippen molar-refractivity contribution in [1.29, 1.82) is 0 Å². The molecule has 0 bridgehead atoms. The normalized spacial score (nSPS) is 13.9. The van der Waals surface area contributed by atoms with E-state index >= 15 is 0 Å². The van der Waals surface area contributed by atoms with Crippen LogP contribution in [0.5, 0.6) is 0 Å². The van der Waals surface area contributed by atoms with E-state index in [1.54, 1.807) is 0 Å². The third-order valence-electron chi connectivity index (χ3n) is 3.58. The minimum absolute atomic E-state index is 0.921. The highest BCUT2D eigenvalue weighted by Crippen LogP contribution is 2.25. The standard InChI is InChI=1S/C15H20N4/c1-3-13-5-2-6-18-15(13)14(4-1)11-16-7-9-19-10-8-17-12-19/h1,3-4,8,10,12,16,18H,2,5-7,9,11H2. The van der Waals surface area contributed by atoms with Crippen molar-refractivity contribution >= 4 is 5.69 Å². The number of fused-ring (bicyclic) bond motifs is 1. The van der Waals surface area contributed by atoms with Crippen molar-refractivity contribution in [2.24, 2.45) is 0 Å². The maximum Gasteiger partial charge on any atom is 0.0946 e. The van der Waals surface area contributed by atoms with Crippen LogP contribution in [0.15, 0.2) is 36.9 Å². The molecule has 100 valence electrons. The Morgan fingerprint density at radius 2 is 2.37 bits per heavy atom. The summed E-state index contributed by atoms with van der Waals surface area (Å²) >= 11 is 0. The van der Waals surface area contributed by atoms with Crippen LogP contribution < -0.4 is 10.6 Å². The number of anilines is 1. The van der Waals surface area contributed by atoms with Gasteiger partial charge in [-0.3, -0.25) is 0 Å². The molecule has 2 aromatic rings. The third kappa shape index (κ3) is 2.96. The molecule has 1 aromatic carbocycles. The number of nitrogens with one attached hydrogen (secondary N) is 2. The van der Waals surface area contributed by atoms with Gasteiger partial charge in [0.25, 0.3) is 0 Å². The molecule has 4 heteroatoms. The van der Waals surface area contributed by atoms with Gasteiger partial charge in [-0.15, -0.1) is 0 Å². The Balaban J connectivity index is 1.55. The molecule has 0 radical (unpaired) electrons. The molecule has 1 aromatic heterocycles. The number of hydrogen-bond acceptors (Lipinski definition) is 3. The first-order valence-corrected chi connectivity index (χ1v) is 6.94. The van der Waals surface area contributed by atoms with E-state index in [0.717, 1.165) is 26.2 Å². The van der Waals surface area contributed by atoms with Crippen molar-refractivity contribution < 1.29 is 0 Å². The molecule has 1 aliphatic rings. The van der Waals surface area contributed by atoms with E-state index in [1.165, 1.54) is 29.7 Å². The minimum atomic E-state index is 0.921. The van der Waals surface area contributed by atoms with Gasteiger partial charge in [0.1, 0.15) is 0 Å². The second kappa shape index (κ2) is 5.89. The molecule has 3 rings (SSSR count). The van der Waals surface area contributed by atoms with Crippen LogP contribution in [0, 0.1) is 0 Å². The molecule has 2 N–H and O–H groups in total. The van der Waals surface area contributed by atoms with Crippen LogP contribution in [0.1, 0.15) is 17.5 Å². The Labute approximate surface area is 113 Å². The molecule has 0 unspecified atom stereocenters. The second-order valence-electron chi connectivity index (χ2n) is 4.96. The van der Waals surface area contributed by atoms with Crippen molar-refractivity contribution in [1.82, 2.24) is 14.9 Å². The van der Waals surface area contributed by atoms with E-state index < -0.39 is 0 Å². The molecular weight excluding hydrogens is 236 g/mol. The Bertz CT molecular complexity index is 519. The fourth-order valence-electron chi connectivity index (χ4n) is 2.58. The molecule has 1 aliphatic heterocycles. The number of aryl methyl sites for hydroxylation is 1. The summed E-state index contributed by atoms with van der Waals surface area (Å²) in [4.78, 5) is 4.04. The van der Waals surface area contributed by atoms with Crippen LogP contribution in [0.4, 0.5) is 5.69 Å². The fourth-order valence-corrected chi connectivity index (χ4v) is 2.58. The molecule has 19 heavy (non-hydrogen) atoms. The lowest BCUT2D eigenvalue weighted by atomic mass is 9.99. The number of para-hydroxylation sites is 1. The maximum atomic E-state index is 4.04. The largest absolute Gasteiger partial charge is 0.385 e. The van der Waals surface area contributed by atoms with Crippen molar-refractivity contribution in [2.75, 3.05) is 18.4 Å². The molecule has 0 aliphatic carbocycles. The molecule has 2 heterocycles. The van der Waals surface area contributed by atoms with Crippen LogP contribution in [0.3, 0.4) is 0 Å². The molecule has 0 fully saturated rings. The number of nitrogens with zero attached hydrogens (tertiary/aromatic N) is 2. The Morgan fingerprint density at radius 1 is 1.37 bits per heavy atom. The van der Waals surface area contributed by atoms with E-state index in [2.05, 4.69) is 38.4 Å². The van der Waals surface area contributed by atoms with Gasteiger partial charge >= 0.3 is 0 Å². The van der Waals surface area contributed by atoms with Crippen LogP contribution in [-0.4, -0.2) is 22.6 Å². The van der Waals surface area contributed by atoms with Gasteiger partial charge in [0.05, 0.1) is 6.33 Å². The zero-order valence-electron chi connectivity index (χ0n) is 11.1. The summed E-state index contributed by atoms with van der Waals surface area (Å²) < 4.78 is 2.09. The highest BCUT2D eigenvalue weighted by atomic mass is 15.0. The first-order valence-electron chi connectivity index (χ1n) is 6.94. The predicted octanol–water partition coefficient (Wildman–Crippen LogP) is 2.03. The summed E-state index contributed by atoms with van der Waals surface area (Å²) in [5, 5.41) is 7.03. The Hall–Kier alpha value is -1.81. The molecule has 0 atom stereocenters. The van der Waals surface area contributed by atoms with Gasteiger partial charge < -0.3 is 15.2 Å². The average molecular weight is 256 g/mol. The van der Waals surface area contributed by atoms with Gasteiger partial charge in [-0.25, -0.2) is 4.98 Å². The number of aromatic nitrogens is 2. The van der Waals surface area contributed by atoms with E-state index in [1.807, 2.05) is 18.7 Å². The summed E-state index contributed by atoms with van der Waals surface area (Å²) in [6, 6.07) is 6.61. The third-order valence-corrected chi connectivity index (χ3v) is 3.58. The molecule has 0 saturated carbocycles. The van der Waals surface area contributed by atoms with Crippen LogP contribution >= 0.6 is 0 Å². The summed E-state index contributed by atoms with van der Waals surface area (Å²) in [5.41, 5.74) is 4.19. The first kappa shape index (κ1) is 12.2. The zero-order chi connectivity index (χ0) is 12.9. The lowest BCUT2D eigenvalue weighted by Crippen LogP contribution is -2.21. The summed E-state index contributed by atoms with van der Waals surface area (Å²) in [6.45, 7) is 3.94. The number of imidazole rings is 1. The predicted molar refractivity (Wildman–Crippen MR) is 77.2 cm³/mol. The van der Waals surface area contributed by atoms with E-state index in [9.17, 15) is 0 Å². The van der Waals surface area contributed by atoms with E-state index in [-0.39, 0.29) is 0 Å². The van der Waals surface area contributed by atoms with E-state index in [4.69, 9.17) is 0 Å². The zero-order valence-corrected chi connectivity index (χ0v) is 11.1. The van der Waals surface area contributed by atoms with E-state index in [0.29, 0.717) is 0 Å². The summed E-state index contributed by atoms with van der Waals surface area (Å²) in [7, 11) is 0. The van der Waals surface area contributed by atoms with Crippen molar-refractivity contribution in [2.45, 2.75) is 25.9 Å². The summed E-state index contributed by atoms with van der Waals surface area (Å²) in [6.07, 6.45) is 8.11. The molecule has 0 amide bonds. The van der Waals surface area contributed by atoms with Crippen LogP contribution in [-0.2, 0) is 19.5 Å². The van der Waals surface area contributed by atoms with Gasteiger partial charge in [-0.05, 0) is 24.0 Å². The minimum Gasteiger partial charge on any atom is -0.385 e. The molecule has 0 saturated heterocycles. The molecule has 0 spiro atoms. The van der Waals surface area contributed by atoms with Crippen molar-refractivity contribution in [3.8, 4) is 0 Å². The number of benzene rings is 1. The van der Waals surface area contributed by atoms with Gasteiger partial charge in [0, 0.05) is 44.3 Å². The molecular formula is C15H20N4. The quantitative estimate of drug-likeness (QED) is 0.804. The second-order valence-corrected chi connectivity index (χ2v) is 4.96. The lowest BCUT2D eigenvalue weighted by molar-refractivity contribution is 0.597. The van der Waals surface area contributed by atoms with Crippen LogP contribution in [0.25, 0.3) is 0 Å². The monoisotopic (exact) mass is 256 g/mol. The number of hydrogen-bond donors (Lipinski definition) is 2. The topological polar surface area (TPSA) is 41.9 Å². The highest BCUT2D eigenvalue weighted by molar-refractivity contribution is 5.59. The van der Waals surface area contributed by atoms with Gasteiger partial charge in [0.2, 0.25) is 0 Å². The average Bonchev–Trinajstić information content (AvgIpc) is 2.97. The van der Waals surface area contributed by atoms with Crippen LogP contribution in [0.2, 0.25) is 0 Å². The van der Waals surface area contributed by atoms with Gasteiger partial charge in [0.15, 0.2) is 0 Å². The fraction of sp³-hybridized carbons (Fsp3) is 0.400. The lowest BCUT2D eigenvalue weighted by Gasteiger charge is -2.21. The first-order chi connectivity index (χ1) is 9.43. The Kier molecular flexibility index (Phi) is 3.79. The highest BCUT2D eigenvalue weighted by Gasteiger charge is 2.11. The smallest absolute Gasteiger partial charge is 0.0946 e. The maximum absolute atomic E-state index is 4.04.